The third-order valence-corrected chi connectivity index (χ3v) is 6.57. The standard InChI is InChI=1S/C28H32N2O/c1-23(25-11-5-2-6-12-25)29-20-17-24(18-21-29)19-22-30(27-15-9-4-10-16-27)28(31)26-13-7-3-8-14-26/h2-16,23-24H,17-22H2,1H3. The molecule has 1 aliphatic rings. The minimum atomic E-state index is 0.0851. The van der Waals surface area contributed by atoms with Crippen molar-refractivity contribution in [3.63, 3.8) is 0 Å². The highest BCUT2D eigenvalue weighted by atomic mass is 16.2. The summed E-state index contributed by atoms with van der Waals surface area (Å²) >= 11 is 0. The van der Waals surface area contributed by atoms with Gasteiger partial charge in [0, 0.05) is 23.8 Å². The quantitative estimate of drug-likeness (QED) is 0.461. The van der Waals surface area contributed by atoms with Crippen LogP contribution in [0.15, 0.2) is 91.0 Å². The second-order valence-electron chi connectivity index (χ2n) is 8.51. The summed E-state index contributed by atoms with van der Waals surface area (Å²) in [6.45, 7) is 5.32. The average molecular weight is 413 g/mol. The second-order valence-corrected chi connectivity index (χ2v) is 8.51. The molecule has 0 aromatic heterocycles. The summed E-state index contributed by atoms with van der Waals surface area (Å²) in [5, 5.41) is 0. The largest absolute Gasteiger partial charge is 0.308 e. The number of nitrogens with zero attached hydrogens (tertiary/aromatic N) is 2. The normalized spacial score (nSPS) is 16.0. The predicted molar refractivity (Wildman–Crippen MR) is 128 cm³/mol. The first-order valence-corrected chi connectivity index (χ1v) is 11.4. The lowest BCUT2D eigenvalue weighted by Crippen LogP contribution is -2.38. The molecule has 4 rings (SSSR count). The molecule has 0 saturated carbocycles. The van der Waals surface area contributed by atoms with Gasteiger partial charge < -0.3 is 4.90 Å². The number of likely N-dealkylation sites (tertiary alicyclic amines) is 1. The van der Waals surface area contributed by atoms with E-state index < -0.39 is 0 Å². The van der Waals surface area contributed by atoms with Crippen LogP contribution in [0.5, 0.6) is 0 Å². The maximum Gasteiger partial charge on any atom is 0.258 e. The molecule has 1 amide bonds. The summed E-state index contributed by atoms with van der Waals surface area (Å²) in [5.41, 5.74) is 3.12. The molecule has 160 valence electrons. The van der Waals surface area contributed by atoms with Crippen LogP contribution in [0.4, 0.5) is 5.69 Å². The van der Waals surface area contributed by atoms with E-state index in [0.717, 1.165) is 37.3 Å². The van der Waals surface area contributed by atoms with Crippen molar-refractivity contribution in [2.75, 3.05) is 24.5 Å². The van der Waals surface area contributed by atoms with Gasteiger partial charge in [-0.1, -0.05) is 66.7 Å². The van der Waals surface area contributed by atoms with E-state index in [1.165, 1.54) is 18.4 Å². The van der Waals surface area contributed by atoms with E-state index in [0.29, 0.717) is 12.0 Å². The van der Waals surface area contributed by atoms with Gasteiger partial charge in [0.25, 0.3) is 5.91 Å². The highest BCUT2D eigenvalue weighted by Gasteiger charge is 2.25. The number of piperidine rings is 1. The molecular weight excluding hydrogens is 380 g/mol. The highest BCUT2D eigenvalue weighted by molar-refractivity contribution is 6.06. The van der Waals surface area contributed by atoms with Gasteiger partial charge in [0.1, 0.15) is 0 Å². The van der Waals surface area contributed by atoms with E-state index in [1.54, 1.807) is 0 Å². The monoisotopic (exact) mass is 412 g/mol. The number of amides is 1. The molecule has 1 aliphatic heterocycles. The second kappa shape index (κ2) is 10.4. The molecule has 1 fully saturated rings. The summed E-state index contributed by atoms with van der Waals surface area (Å²) in [7, 11) is 0. The molecule has 0 spiro atoms. The molecule has 31 heavy (non-hydrogen) atoms. The Balaban J connectivity index is 1.36. The first kappa shape index (κ1) is 21.3. The van der Waals surface area contributed by atoms with E-state index in [1.807, 2.05) is 65.6 Å². The van der Waals surface area contributed by atoms with E-state index in [9.17, 15) is 4.79 Å². The van der Waals surface area contributed by atoms with Gasteiger partial charge in [-0.05, 0) is 75.0 Å². The molecule has 0 N–H and O–H groups in total. The van der Waals surface area contributed by atoms with E-state index in [4.69, 9.17) is 0 Å². The zero-order chi connectivity index (χ0) is 21.5. The molecule has 1 saturated heterocycles. The predicted octanol–water partition coefficient (Wildman–Crippen LogP) is 6.20. The molecule has 0 bridgehead atoms. The molecule has 3 nitrogen and oxygen atoms in total. The van der Waals surface area contributed by atoms with Crippen LogP contribution in [0.1, 0.15) is 48.1 Å². The van der Waals surface area contributed by atoms with Crippen molar-refractivity contribution in [2.45, 2.75) is 32.2 Å². The van der Waals surface area contributed by atoms with Crippen LogP contribution in [-0.4, -0.2) is 30.4 Å². The molecule has 1 atom stereocenters. The number of hydrogen-bond donors (Lipinski definition) is 0. The number of hydrogen-bond acceptors (Lipinski definition) is 2. The van der Waals surface area contributed by atoms with Crippen molar-refractivity contribution in [1.29, 1.82) is 0 Å². The van der Waals surface area contributed by atoms with Gasteiger partial charge in [-0.15, -0.1) is 0 Å². The Morgan fingerprint density at radius 2 is 1.42 bits per heavy atom. The van der Waals surface area contributed by atoms with Crippen LogP contribution in [0.25, 0.3) is 0 Å². The first-order valence-electron chi connectivity index (χ1n) is 11.4. The van der Waals surface area contributed by atoms with Crippen molar-refractivity contribution in [3.05, 3.63) is 102 Å². The first-order chi connectivity index (χ1) is 15.2. The fraction of sp³-hybridized carbons (Fsp3) is 0.321. The minimum absolute atomic E-state index is 0.0851. The van der Waals surface area contributed by atoms with Crippen LogP contribution >= 0.6 is 0 Å². The summed E-state index contributed by atoms with van der Waals surface area (Å²) < 4.78 is 0. The smallest absolute Gasteiger partial charge is 0.258 e. The lowest BCUT2D eigenvalue weighted by atomic mass is 9.91. The van der Waals surface area contributed by atoms with Crippen molar-refractivity contribution in [1.82, 2.24) is 4.90 Å². The van der Waals surface area contributed by atoms with Gasteiger partial charge in [0.05, 0.1) is 0 Å². The number of anilines is 1. The summed E-state index contributed by atoms with van der Waals surface area (Å²) in [6.07, 6.45) is 3.43. The van der Waals surface area contributed by atoms with Gasteiger partial charge in [0.15, 0.2) is 0 Å². The molecule has 3 heteroatoms. The summed E-state index contributed by atoms with van der Waals surface area (Å²) in [4.78, 5) is 17.8. The Labute approximate surface area is 186 Å². The van der Waals surface area contributed by atoms with Gasteiger partial charge in [0.2, 0.25) is 0 Å². The van der Waals surface area contributed by atoms with Crippen LogP contribution in [-0.2, 0) is 0 Å². The molecule has 3 aromatic rings. The lowest BCUT2D eigenvalue weighted by molar-refractivity contribution is 0.0981. The maximum atomic E-state index is 13.2. The Morgan fingerprint density at radius 1 is 0.871 bits per heavy atom. The van der Waals surface area contributed by atoms with Gasteiger partial charge in [-0.3, -0.25) is 9.69 Å². The molecule has 1 unspecified atom stereocenters. The Hall–Kier alpha value is -2.91. The number of carbonyl (C=O) groups excluding carboxylic acids is 1. The zero-order valence-corrected chi connectivity index (χ0v) is 18.4. The lowest BCUT2D eigenvalue weighted by Gasteiger charge is -2.37. The summed E-state index contributed by atoms with van der Waals surface area (Å²) in [6, 6.07) is 30.9. The van der Waals surface area contributed by atoms with Crippen molar-refractivity contribution in [2.24, 2.45) is 5.92 Å². The molecule has 1 heterocycles. The highest BCUT2D eigenvalue weighted by Crippen LogP contribution is 2.29. The minimum Gasteiger partial charge on any atom is -0.308 e. The zero-order valence-electron chi connectivity index (χ0n) is 18.4. The summed E-state index contributed by atoms with van der Waals surface area (Å²) in [5.74, 6) is 0.746. The molecule has 0 aliphatic carbocycles. The molecule has 3 aromatic carbocycles. The van der Waals surface area contributed by atoms with E-state index in [2.05, 4.69) is 42.2 Å². The van der Waals surface area contributed by atoms with Crippen LogP contribution in [0, 0.1) is 5.92 Å². The van der Waals surface area contributed by atoms with Crippen LogP contribution in [0.2, 0.25) is 0 Å². The third-order valence-electron chi connectivity index (χ3n) is 6.57. The number of para-hydroxylation sites is 1. The van der Waals surface area contributed by atoms with Gasteiger partial charge in [-0.2, -0.15) is 0 Å². The Morgan fingerprint density at radius 3 is 2.03 bits per heavy atom. The number of benzene rings is 3. The SMILES string of the molecule is CC(c1ccccc1)N1CCC(CCN(C(=O)c2ccccc2)c2ccccc2)CC1. The van der Waals surface area contributed by atoms with Crippen molar-refractivity contribution in [3.8, 4) is 0 Å². The Kier molecular flexibility index (Phi) is 7.16. The van der Waals surface area contributed by atoms with Gasteiger partial charge >= 0.3 is 0 Å². The average Bonchev–Trinajstić information content (AvgIpc) is 2.86. The van der Waals surface area contributed by atoms with Crippen LogP contribution < -0.4 is 4.90 Å². The van der Waals surface area contributed by atoms with E-state index in [-0.39, 0.29) is 5.91 Å². The fourth-order valence-electron chi connectivity index (χ4n) is 4.58. The number of carbonyl (C=O) groups is 1. The molecular formula is C28H32N2O. The maximum absolute atomic E-state index is 13.2. The van der Waals surface area contributed by atoms with Gasteiger partial charge in [-0.25, -0.2) is 0 Å². The third kappa shape index (κ3) is 5.42. The Bertz CT molecular complexity index is 935. The van der Waals surface area contributed by atoms with E-state index >= 15 is 0 Å². The van der Waals surface area contributed by atoms with Crippen molar-refractivity contribution >= 4 is 11.6 Å². The number of rotatable bonds is 7. The fourth-order valence-corrected chi connectivity index (χ4v) is 4.58. The van der Waals surface area contributed by atoms with Crippen molar-refractivity contribution < 1.29 is 4.79 Å². The van der Waals surface area contributed by atoms with Crippen LogP contribution in [0.3, 0.4) is 0 Å². The molecule has 0 radical (unpaired) electrons. The topological polar surface area (TPSA) is 23.6 Å².